The highest BCUT2D eigenvalue weighted by Crippen LogP contribution is 2.31. The van der Waals surface area contributed by atoms with Crippen LogP contribution in [0, 0.1) is 0 Å². The molecule has 0 spiro atoms. The number of hydrogen-bond acceptors (Lipinski definition) is 3. The summed E-state index contributed by atoms with van der Waals surface area (Å²) < 4.78 is 17.5. The molecule has 0 bridgehead atoms. The van der Waals surface area contributed by atoms with Crippen LogP contribution in [-0.4, -0.2) is 17.2 Å². The van der Waals surface area contributed by atoms with Crippen LogP contribution in [0.2, 0.25) is 0 Å². The quantitative estimate of drug-likeness (QED) is 0.883. The summed E-state index contributed by atoms with van der Waals surface area (Å²) in [6, 6.07) is 14.8. The number of ether oxygens (including phenoxy) is 1. The summed E-state index contributed by atoms with van der Waals surface area (Å²) in [7, 11) is 0.318. The van der Waals surface area contributed by atoms with Crippen LogP contribution in [0.3, 0.4) is 0 Å². The molecule has 2 aromatic carbocycles. The summed E-state index contributed by atoms with van der Waals surface area (Å²) in [6.07, 6.45) is 0. The fourth-order valence-corrected chi connectivity index (χ4v) is 3.44. The first-order valence-corrected chi connectivity index (χ1v) is 8.18. The minimum Gasteiger partial charge on any atom is -0.497 e. The van der Waals surface area contributed by atoms with Crippen molar-refractivity contribution in [2.24, 2.45) is 0 Å². The predicted octanol–water partition coefficient (Wildman–Crippen LogP) is 2.94. The van der Waals surface area contributed by atoms with Crippen molar-refractivity contribution in [1.82, 2.24) is 0 Å². The molecule has 1 atom stereocenters. The molecule has 3 rings (SSSR count). The Morgan fingerprint density at radius 2 is 2.00 bits per heavy atom. The Kier molecular flexibility index (Phi) is 4.06. The summed E-state index contributed by atoms with van der Waals surface area (Å²) >= 11 is 0. The Morgan fingerprint density at radius 3 is 2.82 bits per heavy atom. The fraction of sp³-hybridized carbons (Fsp3) is 0.118. The molecule has 0 aromatic heterocycles. The average Bonchev–Trinajstić information content (AvgIpc) is 2.83. The first-order chi connectivity index (χ1) is 10.7. The molecule has 22 heavy (non-hydrogen) atoms. The molecule has 0 radical (unpaired) electrons. The number of amides is 1. The second-order valence-corrected chi connectivity index (χ2v) is 6.19. The van der Waals surface area contributed by atoms with E-state index in [1.807, 2.05) is 48.5 Å². The SMILES string of the molecule is COc1cccc(CS(=O)C=C2C(=O)Nc3ccccc32)c1. The lowest BCUT2D eigenvalue weighted by molar-refractivity contribution is -0.110. The monoisotopic (exact) mass is 313 g/mol. The molecule has 0 fully saturated rings. The highest BCUT2D eigenvalue weighted by molar-refractivity contribution is 7.87. The Balaban J connectivity index is 1.83. The number of nitrogens with one attached hydrogen (secondary N) is 1. The molecule has 0 aliphatic carbocycles. The van der Waals surface area contributed by atoms with Crippen molar-refractivity contribution in [2.75, 3.05) is 12.4 Å². The van der Waals surface area contributed by atoms with Gasteiger partial charge in [0.15, 0.2) is 0 Å². The Morgan fingerprint density at radius 1 is 1.18 bits per heavy atom. The van der Waals surface area contributed by atoms with E-state index in [0.717, 1.165) is 22.6 Å². The predicted molar refractivity (Wildman–Crippen MR) is 87.9 cm³/mol. The van der Waals surface area contributed by atoms with Crippen LogP contribution in [0.1, 0.15) is 11.1 Å². The molecule has 2 aromatic rings. The number of carbonyl (C=O) groups is 1. The normalized spacial score (nSPS) is 16.2. The number of anilines is 1. The van der Waals surface area contributed by atoms with Gasteiger partial charge in [0.1, 0.15) is 5.75 Å². The van der Waals surface area contributed by atoms with E-state index in [1.54, 1.807) is 7.11 Å². The van der Waals surface area contributed by atoms with Gasteiger partial charge in [-0.25, -0.2) is 0 Å². The fourth-order valence-electron chi connectivity index (χ4n) is 2.36. The topological polar surface area (TPSA) is 55.4 Å². The molecule has 1 aliphatic rings. The van der Waals surface area contributed by atoms with Crippen molar-refractivity contribution >= 4 is 28.0 Å². The molecule has 1 heterocycles. The van der Waals surface area contributed by atoms with Crippen LogP contribution in [0.4, 0.5) is 5.69 Å². The molecule has 5 heteroatoms. The summed E-state index contributed by atoms with van der Waals surface area (Å²) in [5.74, 6) is 0.863. The van der Waals surface area contributed by atoms with E-state index in [0.29, 0.717) is 11.3 Å². The molecule has 1 unspecified atom stereocenters. The first kappa shape index (κ1) is 14.5. The lowest BCUT2D eigenvalue weighted by atomic mass is 10.1. The van der Waals surface area contributed by atoms with Gasteiger partial charge in [-0.3, -0.25) is 9.00 Å². The van der Waals surface area contributed by atoms with Crippen molar-refractivity contribution < 1.29 is 13.7 Å². The first-order valence-electron chi connectivity index (χ1n) is 6.80. The van der Waals surface area contributed by atoms with Crippen molar-refractivity contribution in [1.29, 1.82) is 0 Å². The zero-order chi connectivity index (χ0) is 15.5. The van der Waals surface area contributed by atoms with E-state index in [9.17, 15) is 9.00 Å². The van der Waals surface area contributed by atoms with Crippen LogP contribution in [0.25, 0.3) is 5.57 Å². The minimum atomic E-state index is -1.28. The third-order valence-corrected chi connectivity index (χ3v) is 4.52. The highest BCUT2D eigenvalue weighted by Gasteiger charge is 2.24. The Bertz CT molecular complexity index is 783. The average molecular weight is 313 g/mol. The van der Waals surface area contributed by atoms with Gasteiger partial charge in [-0.1, -0.05) is 30.3 Å². The molecule has 0 saturated heterocycles. The third-order valence-electron chi connectivity index (χ3n) is 3.40. The van der Waals surface area contributed by atoms with Gasteiger partial charge in [0.25, 0.3) is 5.91 Å². The van der Waals surface area contributed by atoms with Gasteiger partial charge in [-0.2, -0.15) is 0 Å². The summed E-state index contributed by atoms with van der Waals surface area (Å²) in [5, 5.41) is 4.30. The lowest BCUT2D eigenvalue weighted by Gasteiger charge is -2.03. The van der Waals surface area contributed by atoms with Crippen LogP contribution < -0.4 is 10.1 Å². The van der Waals surface area contributed by atoms with Crippen LogP contribution in [0.15, 0.2) is 53.9 Å². The van der Waals surface area contributed by atoms with E-state index >= 15 is 0 Å². The van der Waals surface area contributed by atoms with Gasteiger partial charge >= 0.3 is 0 Å². The van der Waals surface area contributed by atoms with Crippen LogP contribution in [-0.2, 0) is 21.3 Å². The van der Waals surface area contributed by atoms with Crippen molar-refractivity contribution in [2.45, 2.75) is 5.75 Å². The number of benzene rings is 2. The zero-order valence-corrected chi connectivity index (χ0v) is 12.9. The van der Waals surface area contributed by atoms with E-state index < -0.39 is 10.8 Å². The smallest absolute Gasteiger partial charge is 0.256 e. The number of para-hydroxylation sites is 1. The third kappa shape index (κ3) is 2.94. The van der Waals surface area contributed by atoms with E-state index in [-0.39, 0.29) is 5.91 Å². The van der Waals surface area contributed by atoms with E-state index in [2.05, 4.69) is 5.32 Å². The summed E-state index contributed by atoms with van der Waals surface area (Å²) in [4.78, 5) is 12.0. The van der Waals surface area contributed by atoms with Crippen LogP contribution in [0.5, 0.6) is 5.75 Å². The number of rotatable bonds is 4. The molecule has 1 amide bonds. The largest absolute Gasteiger partial charge is 0.497 e. The van der Waals surface area contributed by atoms with Gasteiger partial charge in [0.05, 0.1) is 29.2 Å². The van der Waals surface area contributed by atoms with Crippen molar-refractivity contribution in [3.63, 3.8) is 0 Å². The number of fused-ring (bicyclic) bond motifs is 1. The Hall–Kier alpha value is -2.40. The van der Waals surface area contributed by atoms with Gasteiger partial charge in [0, 0.05) is 16.7 Å². The van der Waals surface area contributed by atoms with Gasteiger partial charge in [-0.15, -0.1) is 0 Å². The molecule has 112 valence electrons. The van der Waals surface area contributed by atoms with Gasteiger partial charge in [0.2, 0.25) is 0 Å². The van der Waals surface area contributed by atoms with Crippen molar-refractivity contribution in [3.8, 4) is 5.75 Å². The summed E-state index contributed by atoms with van der Waals surface area (Å²) in [6.45, 7) is 0. The minimum absolute atomic E-state index is 0.208. The molecule has 1 N–H and O–H groups in total. The summed E-state index contributed by atoms with van der Waals surface area (Å²) in [5.41, 5.74) is 2.93. The second kappa shape index (κ2) is 6.15. The van der Waals surface area contributed by atoms with Crippen molar-refractivity contribution in [3.05, 3.63) is 65.1 Å². The van der Waals surface area contributed by atoms with E-state index in [4.69, 9.17) is 4.74 Å². The standard InChI is InChI=1S/C17H15NO3S/c1-21-13-6-4-5-12(9-13)10-22(20)11-15-14-7-2-3-8-16(14)18-17(15)19/h2-9,11H,10H2,1H3,(H,18,19). The van der Waals surface area contributed by atoms with Crippen LogP contribution >= 0.6 is 0 Å². The highest BCUT2D eigenvalue weighted by atomic mass is 32.2. The lowest BCUT2D eigenvalue weighted by Crippen LogP contribution is -2.05. The maximum Gasteiger partial charge on any atom is 0.256 e. The number of methoxy groups -OCH3 is 1. The van der Waals surface area contributed by atoms with Gasteiger partial charge in [-0.05, 0) is 23.8 Å². The molecule has 1 aliphatic heterocycles. The second-order valence-electron chi connectivity index (χ2n) is 4.91. The molecule has 4 nitrogen and oxygen atoms in total. The number of carbonyl (C=O) groups excluding carboxylic acids is 1. The molecular formula is C17H15NO3S. The Labute approximate surface area is 131 Å². The molecular weight excluding hydrogens is 298 g/mol. The van der Waals surface area contributed by atoms with E-state index in [1.165, 1.54) is 5.41 Å². The maximum absolute atomic E-state index is 12.3. The zero-order valence-electron chi connectivity index (χ0n) is 12.0. The molecule has 0 saturated carbocycles. The maximum atomic E-state index is 12.3. The number of hydrogen-bond donors (Lipinski definition) is 1. The van der Waals surface area contributed by atoms with Gasteiger partial charge < -0.3 is 10.1 Å².